The molecule has 1 aromatic carbocycles. The number of carbonyl (C=O) groups is 1. The molecule has 3 rings (SSSR count). The fourth-order valence-corrected chi connectivity index (χ4v) is 2.24. The van der Waals surface area contributed by atoms with Crippen LogP contribution in [0.25, 0.3) is 10.9 Å². The third kappa shape index (κ3) is 2.28. The lowest BCUT2D eigenvalue weighted by Gasteiger charge is -2.07. The number of nitrogens with one attached hydrogen (secondary N) is 2. The number of aryl methyl sites for hydroxylation is 1. The molecule has 0 aliphatic rings. The number of H-pyrrole nitrogens is 1. The van der Waals surface area contributed by atoms with Crippen LogP contribution in [0.2, 0.25) is 0 Å². The number of fused-ring (bicyclic) bond motifs is 1. The van der Waals surface area contributed by atoms with Crippen molar-refractivity contribution in [3.8, 4) is 0 Å². The minimum Gasteiger partial charge on any atom is -0.361 e. The summed E-state index contributed by atoms with van der Waals surface area (Å²) in [7, 11) is 0. The Hall–Kier alpha value is -2.62. The highest BCUT2D eigenvalue weighted by atomic mass is 16.1. The van der Waals surface area contributed by atoms with E-state index in [1.165, 1.54) is 0 Å². The lowest BCUT2D eigenvalue weighted by atomic mass is 10.1. The fourth-order valence-electron chi connectivity index (χ4n) is 2.24. The molecular formula is C16H15N3O. The summed E-state index contributed by atoms with van der Waals surface area (Å²) in [5.41, 5.74) is 3.48. The van der Waals surface area contributed by atoms with Crippen LogP contribution in [0.4, 0.5) is 0 Å². The first kappa shape index (κ1) is 12.4. The number of benzene rings is 1. The molecular weight excluding hydrogens is 250 g/mol. The fraction of sp³-hybridized carbons (Fsp3) is 0.125. The summed E-state index contributed by atoms with van der Waals surface area (Å²) in [5, 5.41) is 3.95. The molecule has 0 aliphatic carbocycles. The standard InChI is InChI=1S/C16H15N3O/c1-11-4-3-8-17-14(11)10-19-16(20)13-6-2-5-12-7-9-18-15(12)13/h2-9,18H,10H2,1H3,(H,19,20). The van der Waals surface area contributed by atoms with Gasteiger partial charge in [0.1, 0.15) is 0 Å². The molecule has 0 aliphatic heterocycles. The number of rotatable bonds is 3. The second-order valence-electron chi connectivity index (χ2n) is 4.70. The van der Waals surface area contributed by atoms with E-state index in [-0.39, 0.29) is 5.91 Å². The van der Waals surface area contributed by atoms with Gasteiger partial charge in [0.2, 0.25) is 0 Å². The SMILES string of the molecule is Cc1cccnc1CNC(=O)c1cccc2cc[nH]c12. The van der Waals surface area contributed by atoms with Crippen LogP contribution in [0.15, 0.2) is 48.8 Å². The molecule has 0 spiro atoms. The molecule has 2 aromatic heterocycles. The Morgan fingerprint density at radius 3 is 3.00 bits per heavy atom. The number of carbonyl (C=O) groups excluding carboxylic acids is 1. The number of nitrogens with zero attached hydrogens (tertiary/aromatic N) is 1. The van der Waals surface area contributed by atoms with Crippen LogP contribution in [-0.2, 0) is 6.54 Å². The van der Waals surface area contributed by atoms with Gasteiger partial charge in [-0.05, 0) is 30.7 Å². The van der Waals surface area contributed by atoms with Gasteiger partial charge in [-0.15, -0.1) is 0 Å². The van der Waals surface area contributed by atoms with Crippen LogP contribution in [-0.4, -0.2) is 15.9 Å². The molecule has 20 heavy (non-hydrogen) atoms. The van der Waals surface area contributed by atoms with Crippen LogP contribution < -0.4 is 5.32 Å². The van der Waals surface area contributed by atoms with Gasteiger partial charge in [-0.1, -0.05) is 18.2 Å². The van der Waals surface area contributed by atoms with E-state index in [0.717, 1.165) is 22.2 Å². The van der Waals surface area contributed by atoms with Gasteiger partial charge < -0.3 is 10.3 Å². The topological polar surface area (TPSA) is 57.8 Å². The Kier molecular flexibility index (Phi) is 3.21. The van der Waals surface area contributed by atoms with Crippen LogP contribution in [0.1, 0.15) is 21.6 Å². The summed E-state index contributed by atoms with van der Waals surface area (Å²) in [4.78, 5) is 19.7. The smallest absolute Gasteiger partial charge is 0.253 e. The third-order valence-corrected chi connectivity index (χ3v) is 3.37. The van der Waals surface area contributed by atoms with Crippen LogP contribution in [0, 0.1) is 6.92 Å². The first-order valence-corrected chi connectivity index (χ1v) is 6.50. The maximum Gasteiger partial charge on any atom is 0.253 e. The maximum atomic E-state index is 12.3. The lowest BCUT2D eigenvalue weighted by molar-refractivity contribution is 0.0952. The summed E-state index contributed by atoms with van der Waals surface area (Å²) in [6, 6.07) is 11.5. The van der Waals surface area contributed by atoms with E-state index in [2.05, 4.69) is 15.3 Å². The number of para-hydroxylation sites is 1. The molecule has 0 unspecified atom stereocenters. The molecule has 2 N–H and O–H groups in total. The van der Waals surface area contributed by atoms with Crippen molar-refractivity contribution in [1.29, 1.82) is 0 Å². The molecule has 0 bridgehead atoms. The van der Waals surface area contributed by atoms with E-state index in [4.69, 9.17) is 0 Å². The van der Waals surface area contributed by atoms with E-state index in [1.807, 2.05) is 49.5 Å². The van der Waals surface area contributed by atoms with Crippen molar-refractivity contribution in [3.05, 3.63) is 65.6 Å². The van der Waals surface area contributed by atoms with Gasteiger partial charge in [-0.2, -0.15) is 0 Å². The van der Waals surface area contributed by atoms with E-state index >= 15 is 0 Å². The number of aromatic amines is 1. The Balaban J connectivity index is 1.80. The molecule has 2 heterocycles. The molecule has 3 aromatic rings. The zero-order valence-electron chi connectivity index (χ0n) is 11.2. The summed E-state index contributed by atoms with van der Waals surface area (Å²) in [6.45, 7) is 2.42. The summed E-state index contributed by atoms with van der Waals surface area (Å²) >= 11 is 0. The molecule has 100 valence electrons. The minimum atomic E-state index is -0.0943. The molecule has 4 nitrogen and oxygen atoms in total. The monoisotopic (exact) mass is 265 g/mol. The second-order valence-corrected chi connectivity index (χ2v) is 4.70. The van der Waals surface area contributed by atoms with Crippen molar-refractivity contribution in [2.75, 3.05) is 0 Å². The van der Waals surface area contributed by atoms with Gasteiger partial charge in [0.05, 0.1) is 23.3 Å². The summed E-state index contributed by atoms with van der Waals surface area (Å²) < 4.78 is 0. The van der Waals surface area contributed by atoms with Crippen LogP contribution >= 0.6 is 0 Å². The quantitative estimate of drug-likeness (QED) is 0.765. The number of amides is 1. The first-order chi connectivity index (χ1) is 9.75. The van der Waals surface area contributed by atoms with Gasteiger partial charge in [-0.25, -0.2) is 0 Å². The van der Waals surface area contributed by atoms with Gasteiger partial charge >= 0.3 is 0 Å². The first-order valence-electron chi connectivity index (χ1n) is 6.50. The van der Waals surface area contributed by atoms with Gasteiger partial charge in [0.25, 0.3) is 5.91 Å². The van der Waals surface area contributed by atoms with Crippen molar-refractivity contribution in [1.82, 2.24) is 15.3 Å². The average molecular weight is 265 g/mol. The van der Waals surface area contributed by atoms with E-state index < -0.39 is 0 Å². The van der Waals surface area contributed by atoms with Crippen molar-refractivity contribution in [2.45, 2.75) is 13.5 Å². The number of pyridine rings is 1. The van der Waals surface area contributed by atoms with E-state index in [1.54, 1.807) is 6.20 Å². The van der Waals surface area contributed by atoms with Crippen molar-refractivity contribution in [2.24, 2.45) is 0 Å². The highest BCUT2D eigenvalue weighted by molar-refractivity contribution is 6.05. The summed E-state index contributed by atoms with van der Waals surface area (Å²) in [5.74, 6) is -0.0943. The second kappa shape index (κ2) is 5.17. The molecule has 0 saturated carbocycles. The highest BCUT2D eigenvalue weighted by Gasteiger charge is 2.10. The van der Waals surface area contributed by atoms with Crippen LogP contribution in [0.5, 0.6) is 0 Å². The van der Waals surface area contributed by atoms with E-state index in [0.29, 0.717) is 12.1 Å². The predicted molar refractivity (Wildman–Crippen MR) is 78.4 cm³/mol. The molecule has 0 atom stereocenters. The predicted octanol–water partition coefficient (Wildman–Crippen LogP) is 2.80. The summed E-state index contributed by atoms with van der Waals surface area (Å²) in [6.07, 6.45) is 3.57. The molecule has 1 amide bonds. The number of hydrogen-bond donors (Lipinski definition) is 2. The largest absolute Gasteiger partial charge is 0.361 e. The Morgan fingerprint density at radius 1 is 1.25 bits per heavy atom. The molecule has 0 radical (unpaired) electrons. The lowest BCUT2D eigenvalue weighted by Crippen LogP contribution is -2.24. The minimum absolute atomic E-state index is 0.0943. The Labute approximate surface area is 116 Å². The van der Waals surface area contributed by atoms with Crippen molar-refractivity contribution in [3.63, 3.8) is 0 Å². The van der Waals surface area contributed by atoms with Crippen molar-refractivity contribution < 1.29 is 4.79 Å². The van der Waals surface area contributed by atoms with Gasteiger partial charge in [-0.3, -0.25) is 9.78 Å². The van der Waals surface area contributed by atoms with Gasteiger partial charge in [0, 0.05) is 17.8 Å². The van der Waals surface area contributed by atoms with Crippen LogP contribution in [0.3, 0.4) is 0 Å². The normalized spacial score (nSPS) is 10.7. The average Bonchev–Trinajstić information content (AvgIpc) is 2.94. The van der Waals surface area contributed by atoms with E-state index in [9.17, 15) is 4.79 Å². The molecule has 0 fully saturated rings. The maximum absolute atomic E-state index is 12.3. The zero-order valence-corrected chi connectivity index (χ0v) is 11.2. The number of aromatic nitrogens is 2. The van der Waals surface area contributed by atoms with Gasteiger partial charge in [0.15, 0.2) is 0 Å². The van der Waals surface area contributed by atoms with Crippen molar-refractivity contribution >= 4 is 16.8 Å². The molecule has 0 saturated heterocycles. The zero-order chi connectivity index (χ0) is 13.9. The Bertz CT molecular complexity index is 761. The Morgan fingerprint density at radius 2 is 2.15 bits per heavy atom. The highest BCUT2D eigenvalue weighted by Crippen LogP contribution is 2.16. The third-order valence-electron chi connectivity index (χ3n) is 3.37. The molecule has 4 heteroatoms. The number of hydrogen-bond acceptors (Lipinski definition) is 2.